The Morgan fingerprint density at radius 2 is 1.89 bits per heavy atom. The van der Waals surface area contributed by atoms with Crippen molar-refractivity contribution in [2.45, 2.75) is 37.6 Å². The third-order valence-electron chi connectivity index (χ3n) is 5.31. The van der Waals surface area contributed by atoms with Crippen molar-refractivity contribution < 1.29 is 27.8 Å². The summed E-state index contributed by atoms with van der Waals surface area (Å²) in [5.74, 6) is -0.268. The molecule has 27 heavy (non-hydrogen) atoms. The molecule has 2 aliphatic rings. The summed E-state index contributed by atoms with van der Waals surface area (Å²) in [6.45, 7) is 2.28. The van der Waals surface area contributed by atoms with Crippen LogP contribution in [0.4, 0.5) is 13.2 Å². The minimum atomic E-state index is -4.40. The summed E-state index contributed by atoms with van der Waals surface area (Å²) in [6.07, 6.45) is -3.55. The first-order chi connectivity index (χ1) is 12.7. The lowest BCUT2D eigenvalue weighted by atomic mass is 9.92. The quantitative estimate of drug-likeness (QED) is 0.867. The van der Waals surface area contributed by atoms with Gasteiger partial charge in [0.25, 0.3) is 0 Å². The number of carbonyl (C=O) groups is 1. The second kappa shape index (κ2) is 8.06. The summed E-state index contributed by atoms with van der Waals surface area (Å²) >= 11 is 0. The van der Waals surface area contributed by atoms with Crippen molar-refractivity contribution >= 4 is 5.91 Å². The first kappa shape index (κ1) is 19.9. The number of rotatable bonds is 3. The highest BCUT2D eigenvalue weighted by molar-refractivity contribution is 5.80. The molecule has 3 rings (SSSR count). The number of aliphatic hydroxyl groups excluding tert-OH is 1. The molecule has 2 aliphatic heterocycles. The Labute approximate surface area is 156 Å². The SMILES string of the molecule is CN1CC[C@H](O)[C@H](C(=O)N2CCC(Oc3cccc(C(F)(F)F)c3)CC2)C1. The van der Waals surface area contributed by atoms with Crippen LogP contribution in [0.5, 0.6) is 5.75 Å². The highest BCUT2D eigenvalue weighted by Gasteiger charge is 2.36. The van der Waals surface area contributed by atoms with Gasteiger partial charge in [-0.25, -0.2) is 0 Å². The molecule has 150 valence electrons. The van der Waals surface area contributed by atoms with Crippen LogP contribution in [0.15, 0.2) is 24.3 Å². The maximum absolute atomic E-state index is 12.8. The highest BCUT2D eigenvalue weighted by Crippen LogP contribution is 2.32. The van der Waals surface area contributed by atoms with Crippen LogP contribution in [0.25, 0.3) is 0 Å². The lowest BCUT2D eigenvalue weighted by molar-refractivity contribution is -0.144. The number of ether oxygens (including phenoxy) is 1. The molecule has 0 aliphatic carbocycles. The molecule has 2 atom stereocenters. The minimum absolute atomic E-state index is 0.0495. The summed E-state index contributed by atoms with van der Waals surface area (Å²) in [5.41, 5.74) is -0.733. The second-order valence-corrected chi connectivity index (χ2v) is 7.39. The largest absolute Gasteiger partial charge is 0.490 e. The molecule has 5 nitrogen and oxygen atoms in total. The predicted molar refractivity (Wildman–Crippen MR) is 93.3 cm³/mol. The first-order valence-electron chi connectivity index (χ1n) is 9.23. The van der Waals surface area contributed by atoms with Crippen molar-refractivity contribution in [1.29, 1.82) is 0 Å². The Kier molecular flexibility index (Phi) is 5.95. The van der Waals surface area contributed by atoms with Gasteiger partial charge in [-0.05, 0) is 31.7 Å². The normalized spacial score (nSPS) is 25.4. The summed E-state index contributed by atoms with van der Waals surface area (Å²) in [7, 11) is 1.93. The lowest BCUT2D eigenvalue weighted by Crippen LogP contribution is -2.52. The Hall–Kier alpha value is -1.80. The average molecular weight is 386 g/mol. The van der Waals surface area contributed by atoms with Gasteiger partial charge in [-0.2, -0.15) is 13.2 Å². The van der Waals surface area contributed by atoms with Crippen LogP contribution in [0.3, 0.4) is 0 Å². The zero-order valence-corrected chi connectivity index (χ0v) is 15.3. The number of piperidine rings is 2. The van der Waals surface area contributed by atoms with Gasteiger partial charge in [0.1, 0.15) is 11.9 Å². The van der Waals surface area contributed by atoms with Gasteiger partial charge in [0.05, 0.1) is 17.6 Å². The van der Waals surface area contributed by atoms with E-state index in [4.69, 9.17) is 4.74 Å². The number of halogens is 3. The van der Waals surface area contributed by atoms with E-state index in [9.17, 15) is 23.1 Å². The van der Waals surface area contributed by atoms with Gasteiger partial charge < -0.3 is 19.6 Å². The fourth-order valence-corrected chi connectivity index (χ4v) is 3.71. The third kappa shape index (κ3) is 4.93. The summed E-state index contributed by atoms with van der Waals surface area (Å²) < 4.78 is 44.1. The van der Waals surface area contributed by atoms with E-state index in [1.807, 2.05) is 11.9 Å². The van der Waals surface area contributed by atoms with Crippen LogP contribution in [0.1, 0.15) is 24.8 Å². The number of carbonyl (C=O) groups excluding carboxylic acids is 1. The number of hydrogen-bond donors (Lipinski definition) is 1. The molecule has 2 fully saturated rings. The third-order valence-corrected chi connectivity index (χ3v) is 5.31. The number of amides is 1. The van der Waals surface area contributed by atoms with Gasteiger partial charge in [-0.15, -0.1) is 0 Å². The molecular weight excluding hydrogens is 361 g/mol. The van der Waals surface area contributed by atoms with Gasteiger partial charge in [0.15, 0.2) is 0 Å². The van der Waals surface area contributed by atoms with Crippen molar-refractivity contribution in [3.63, 3.8) is 0 Å². The van der Waals surface area contributed by atoms with Crippen LogP contribution < -0.4 is 4.74 Å². The van der Waals surface area contributed by atoms with Crippen LogP contribution in [0.2, 0.25) is 0 Å². The van der Waals surface area contributed by atoms with Crippen LogP contribution in [-0.2, 0) is 11.0 Å². The zero-order valence-electron chi connectivity index (χ0n) is 15.3. The molecular formula is C19H25F3N2O3. The molecule has 0 unspecified atom stereocenters. The molecule has 0 bridgehead atoms. The Bertz CT molecular complexity index is 660. The van der Waals surface area contributed by atoms with Gasteiger partial charge >= 0.3 is 6.18 Å². The van der Waals surface area contributed by atoms with Crippen molar-refractivity contribution in [1.82, 2.24) is 9.80 Å². The molecule has 2 heterocycles. The van der Waals surface area contributed by atoms with Crippen LogP contribution in [-0.4, -0.2) is 66.2 Å². The number of aliphatic hydroxyl groups is 1. The van der Waals surface area contributed by atoms with Crippen molar-refractivity contribution in [2.75, 3.05) is 33.2 Å². The Morgan fingerprint density at radius 3 is 2.56 bits per heavy atom. The van der Waals surface area contributed by atoms with Crippen LogP contribution in [0, 0.1) is 5.92 Å². The average Bonchev–Trinajstić information content (AvgIpc) is 2.63. The maximum atomic E-state index is 12.8. The summed E-state index contributed by atoms with van der Waals surface area (Å²) in [4.78, 5) is 16.5. The van der Waals surface area contributed by atoms with Gasteiger partial charge in [-0.3, -0.25) is 4.79 Å². The smallest absolute Gasteiger partial charge is 0.416 e. The molecule has 0 aromatic heterocycles. The molecule has 1 amide bonds. The van der Waals surface area contributed by atoms with E-state index in [1.165, 1.54) is 12.1 Å². The summed E-state index contributed by atoms with van der Waals surface area (Å²) in [6, 6.07) is 4.87. The second-order valence-electron chi connectivity index (χ2n) is 7.39. The topological polar surface area (TPSA) is 53.0 Å². The van der Waals surface area contributed by atoms with E-state index in [-0.39, 0.29) is 17.8 Å². The first-order valence-corrected chi connectivity index (χ1v) is 9.23. The number of benzene rings is 1. The molecule has 2 saturated heterocycles. The fourth-order valence-electron chi connectivity index (χ4n) is 3.71. The molecule has 8 heteroatoms. The molecule has 0 spiro atoms. The fraction of sp³-hybridized carbons (Fsp3) is 0.632. The predicted octanol–water partition coefficient (Wildman–Crippen LogP) is 2.39. The van der Waals surface area contributed by atoms with E-state index in [2.05, 4.69) is 0 Å². The Balaban J connectivity index is 1.54. The maximum Gasteiger partial charge on any atom is 0.416 e. The minimum Gasteiger partial charge on any atom is -0.490 e. The molecule has 0 radical (unpaired) electrons. The van der Waals surface area contributed by atoms with E-state index in [0.29, 0.717) is 38.9 Å². The van der Waals surface area contributed by atoms with Crippen molar-refractivity contribution in [3.8, 4) is 5.75 Å². The Morgan fingerprint density at radius 1 is 1.19 bits per heavy atom. The monoisotopic (exact) mass is 386 g/mol. The number of hydrogen-bond acceptors (Lipinski definition) is 4. The van der Waals surface area contributed by atoms with E-state index >= 15 is 0 Å². The number of likely N-dealkylation sites (tertiary alicyclic amines) is 2. The lowest BCUT2D eigenvalue weighted by Gasteiger charge is -2.38. The van der Waals surface area contributed by atoms with E-state index in [0.717, 1.165) is 18.7 Å². The van der Waals surface area contributed by atoms with E-state index < -0.39 is 23.8 Å². The molecule has 0 saturated carbocycles. The summed E-state index contributed by atoms with van der Waals surface area (Å²) in [5, 5.41) is 10.1. The van der Waals surface area contributed by atoms with Crippen LogP contribution >= 0.6 is 0 Å². The van der Waals surface area contributed by atoms with Gasteiger partial charge in [0, 0.05) is 39.0 Å². The molecule has 1 aromatic carbocycles. The number of alkyl halides is 3. The molecule has 1 aromatic rings. The zero-order chi connectivity index (χ0) is 19.6. The standard InChI is InChI=1S/C19H25F3N2O3/c1-23-8-7-17(25)16(12-23)18(26)24-9-5-14(6-10-24)27-15-4-2-3-13(11-15)19(20,21)22/h2-4,11,14,16-17,25H,5-10,12H2,1H3/t16-,17+/m1/s1. The van der Waals surface area contributed by atoms with Crippen molar-refractivity contribution in [2.24, 2.45) is 5.92 Å². The van der Waals surface area contributed by atoms with E-state index in [1.54, 1.807) is 4.90 Å². The number of nitrogens with zero attached hydrogens (tertiary/aromatic N) is 2. The van der Waals surface area contributed by atoms with Gasteiger partial charge in [0.2, 0.25) is 5.91 Å². The highest BCUT2D eigenvalue weighted by atomic mass is 19.4. The van der Waals surface area contributed by atoms with Crippen molar-refractivity contribution in [3.05, 3.63) is 29.8 Å². The van der Waals surface area contributed by atoms with Gasteiger partial charge in [-0.1, -0.05) is 6.07 Å². The molecule has 1 N–H and O–H groups in total.